The number of carbonyl (C=O) groups excluding carboxylic acids is 3. The first kappa shape index (κ1) is 29.7. The van der Waals surface area contributed by atoms with Gasteiger partial charge >= 0.3 is 12.1 Å². The summed E-state index contributed by atoms with van der Waals surface area (Å²) in [5, 5.41) is 21.3. The number of benzene rings is 2. The van der Waals surface area contributed by atoms with E-state index < -0.39 is 29.9 Å². The maximum Gasteiger partial charge on any atom is 0.409 e. The number of carboxylic acid groups (broad SMARTS) is 1. The molecule has 1 aliphatic rings. The number of aromatic nitrogens is 2. The highest BCUT2D eigenvalue weighted by Crippen LogP contribution is 2.23. The molecule has 2 N–H and O–H groups in total. The van der Waals surface area contributed by atoms with E-state index in [1.54, 1.807) is 43.3 Å². The molecule has 216 valence electrons. The van der Waals surface area contributed by atoms with Gasteiger partial charge in [0.05, 0.1) is 23.9 Å². The van der Waals surface area contributed by atoms with Gasteiger partial charge in [0.15, 0.2) is 5.82 Å². The van der Waals surface area contributed by atoms with E-state index in [1.807, 2.05) is 18.2 Å². The lowest BCUT2D eigenvalue weighted by molar-refractivity contribution is -0.138. The van der Waals surface area contributed by atoms with E-state index in [0.29, 0.717) is 22.4 Å². The molecule has 0 spiro atoms. The zero-order valence-electron chi connectivity index (χ0n) is 23.0. The van der Waals surface area contributed by atoms with E-state index in [4.69, 9.17) is 4.74 Å². The van der Waals surface area contributed by atoms with Crippen LogP contribution >= 0.6 is 0 Å². The number of hydrogen-bond donors (Lipinski definition) is 2. The number of aliphatic carboxylic acids is 1. The van der Waals surface area contributed by atoms with Gasteiger partial charge in [-0.3, -0.25) is 14.4 Å². The molecule has 1 aromatic heterocycles. The summed E-state index contributed by atoms with van der Waals surface area (Å²) in [4.78, 5) is 62.4. The van der Waals surface area contributed by atoms with Crippen LogP contribution < -0.4 is 5.32 Å². The smallest absolute Gasteiger partial charge is 0.409 e. The molecule has 4 rings (SSSR count). The summed E-state index contributed by atoms with van der Waals surface area (Å²) in [6.07, 6.45) is -0.939. The molecule has 12 nitrogen and oxygen atoms in total. The first-order chi connectivity index (χ1) is 20.3. The summed E-state index contributed by atoms with van der Waals surface area (Å²) in [6.45, 7) is 2.87. The van der Waals surface area contributed by atoms with Crippen molar-refractivity contribution in [3.05, 3.63) is 71.9 Å². The topological polar surface area (TPSA) is 166 Å². The van der Waals surface area contributed by atoms with Crippen molar-refractivity contribution in [3.8, 4) is 28.7 Å². The molecule has 0 saturated carbocycles. The van der Waals surface area contributed by atoms with Gasteiger partial charge in [0.25, 0.3) is 5.91 Å². The van der Waals surface area contributed by atoms with Crippen molar-refractivity contribution in [3.63, 3.8) is 0 Å². The van der Waals surface area contributed by atoms with Crippen molar-refractivity contribution in [2.75, 3.05) is 32.8 Å². The number of nitrogens with one attached hydrogen (secondary N) is 1. The van der Waals surface area contributed by atoms with E-state index in [1.165, 1.54) is 15.9 Å². The highest BCUT2D eigenvalue weighted by molar-refractivity contribution is 5.97. The maximum atomic E-state index is 13.5. The van der Waals surface area contributed by atoms with Gasteiger partial charge in [0.1, 0.15) is 11.7 Å². The van der Waals surface area contributed by atoms with Crippen LogP contribution in [0.4, 0.5) is 4.79 Å². The van der Waals surface area contributed by atoms with Crippen molar-refractivity contribution >= 4 is 23.9 Å². The standard InChI is InChI=1S/C30H30N6O6/c1-2-42-30(41)36-15-13-35(14-16-36)29(40)23(11-12-26(37)38)34-28(39)25-18-24(22-10-6-7-20(17-22)19-31)32-27(33-25)21-8-4-3-5-9-21/h3-10,17-18,23H,2,11-16H2,1H3,(H,34,39)(H,37,38)/t23-/m0/s1. The van der Waals surface area contributed by atoms with E-state index in [9.17, 15) is 29.5 Å². The molecule has 42 heavy (non-hydrogen) atoms. The number of amides is 3. The second-order valence-electron chi connectivity index (χ2n) is 9.49. The zero-order chi connectivity index (χ0) is 30.1. The van der Waals surface area contributed by atoms with Crippen LogP contribution in [0.5, 0.6) is 0 Å². The van der Waals surface area contributed by atoms with Crippen molar-refractivity contribution in [2.45, 2.75) is 25.8 Å². The Labute approximate surface area is 242 Å². The van der Waals surface area contributed by atoms with Crippen molar-refractivity contribution in [1.29, 1.82) is 5.26 Å². The molecule has 0 aliphatic carbocycles. The number of rotatable bonds is 9. The van der Waals surface area contributed by atoms with Crippen LogP contribution in [0.25, 0.3) is 22.6 Å². The third-order valence-electron chi connectivity index (χ3n) is 6.65. The van der Waals surface area contributed by atoms with Crippen LogP contribution in [0, 0.1) is 11.3 Å². The average molecular weight is 571 g/mol. The lowest BCUT2D eigenvalue weighted by Crippen LogP contribution is -2.56. The number of ether oxygens (including phenoxy) is 1. The van der Waals surface area contributed by atoms with Crippen LogP contribution in [-0.2, 0) is 14.3 Å². The Morgan fingerprint density at radius 3 is 2.33 bits per heavy atom. The van der Waals surface area contributed by atoms with E-state index in [-0.39, 0.29) is 57.1 Å². The van der Waals surface area contributed by atoms with Gasteiger partial charge < -0.3 is 25.0 Å². The lowest BCUT2D eigenvalue weighted by atomic mass is 10.1. The Morgan fingerprint density at radius 2 is 1.67 bits per heavy atom. The van der Waals surface area contributed by atoms with Gasteiger partial charge in [-0.05, 0) is 31.5 Å². The molecule has 1 fully saturated rings. The second-order valence-corrected chi connectivity index (χ2v) is 9.49. The summed E-state index contributed by atoms with van der Waals surface area (Å²) in [5.41, 5.74) is 2.04. The van der Waals surface area contributed by atoms with Crippen molar-refractivity contribution in [2.24, 2.45) is 0 Å². The first-order valence-corrected chi connectivity index (χ1v) is 13.5. The minimum absolute atomic E-state index is 0.0264. The van der Waals surface area contributed by atoms with Crippen LogP contribution in [0.2, 0.25) is 0 Å². The molecular weight excluding hydrogens is 540 g/mol. The minimum atomic E-state index is -1.14. The highest BCUT2D eigenvalue weighted by atomic mass is 16.6. The summed E-state index contributed by atoms with van der Waals surface area (Å²) < 4.78 is 5.02. The number of hydrogen-bond acceptors (Lipinski definition) is 8. The molecule has 0 radical (unpaired) electrons. The normalized spacial score (nSPS) is 13.5. The van der Waals surface area contributed by atoms with Crippen molar-refractivity contribution < 1.29 is 29.0 Å². The molecule has 3 amide bonds. The van der Waals surface area contributed by atoms with Crippen LogP contribution in [0.1, 0.15) is 35.8 Å². The number of nitrogens with zero attached hydrogens (tertiary/aromatic N) is 5. The first-order valence-electron chi connectivity index (χ1n) is 13.5. The fraction of sp³-hybridized carbons (Fsp3) is 0.300. The lowest BCUT2D eigenvalue weighted by Gasteiger charge is -2.35. The summed E-state index contributed by atoms with van der Waals surface area (Å²) >= 11 is 0. The largest absolute Gasteiger partial charge is 0.481 e. The van der Waals surface area contributed by atoms with Gasteiger partial charge in [-0.2, -0.15) is 5.26 Å². The molecular formula is C30H30N6O6. The third kappa shape index (κ3) is 7.45. The van der Waals surface area contributed by atoms with Gasteiger partial charge in [0, 0.05) is 43.7 Å². The maximum absolute atomic E-state index is 13.5. The number of carbonyl (C=O) groups is 4. The Morgan fingerprint density at radius 1 is 0.976 bits per heavy atom. The van der Waals surface area contributed by atoms with Crippen LogP contribution in [0.15, 0.2) is 60.7 Å². The highest BCUT2D eigenvalue weighted by Gasteiger charge is 2.31. The van der Waals surface area contributed by atoms with Gasteiger partial charge in [0.2, 0.25) is 5.91 Å². The van der Waals surface area contributed by atoms with Crippen LogP contribution in [0.3, 0.4) is 0 Å². The Kier molecular flexibility index (Phi) is 9.78. The predicted molar refractivity (Wildman–Crippen MR) is 151 cm³/mol. The fourth-order valence-corrected chi connectivity index (χ4v) is 4.48. The molecule has 0 bridgehead atoms. The predicted octanol–water partition coefficient (Wildman–Crippen LogP) is 2.95. The van der Waals surface area contributed by atoms with E-state index in [0.717, 1.165) is 0 Å². The molecule has 0 unspecified atom stereocenters. The monoisotopic (exact) mass is 570 g/mol. The molecule has 1 saturated heterocycles. The van der Waals surface area contributed by atoms with E-state index in [2.05, 4.69) is 21.4 Å². The summed E-state index contributed by atoms with van der Waals surface area (Å²) in [5.74, 6) is -1.97. The molecule has 1 atom stereocenters. The van der Waals surface area contributed by atoms with Crippen molar-refractivity contribution in [1.82, 2.24) is 25.1 Å². The van der Waals surface area contributed by atoms with Gasteiger partial charge in [-0.25, -0.2) is 14.8 Å². The minimum Gasteiger partial charge on any atom is -0.481 e. The van der Waals surface area contributed by atoms with Gasteiger partial charge in [-0.15, -0.1) is 0 Å². The Bertz CT molecular complexity index is 1500. The summed E-state index contributed by atoms with van der Waals surface area (Å²) in [6, 6.07) is 18.2. The molecule has 2 heterocycles. The average Bonchev–Trinajstić information content (AvgIpc) is 3.03. The molecule has 3 aromatic rings. The SMILES string of the molecule is CCOC(=O)N1CCN(C(=O)[C@H](CCC(=O)O)NC(=O)c2cc(-c3cccc(C#N)c3)nc(-c3ccccc3)n2)CC1. The number of carboxylic acids is 1. The number of nitriles is 1. The zero-order valence-corrected chi connectivity index (χ0v) is 23.0. The summed E-state index contributed by atoms with van der Waals surface area (Å²) in [7, 11) is 0. The number of piperazine rings is 1. The third-order valence-corrected chi connectivity index (χ3v) is 6.65. The fourth-order valence-electron chi connectivity index (χ4n) is 4.48. The second kappa shape index (κ2) is 13.8. The molecule has 1 aliphatic heterocycles. The molecule has 12 heteroatoms. The Balaban J connectivity index is 1.60. The van der Waals surface area contributed by atoms with Gasteiger partial charge in [-0.1, -0.05) is 42.5 Å². The Hall–Kier alpha value is -5.31. The van der Waals surface area contributed by atoms with Crippen LogP contribution in [-0.4, -0.2) is 87.6 Å². The molecule has 2 aromatic carbocycles. The quantitative estimate of drug-likeness (QED) is 0.393. The van der Waals surface area contributed by atoms with E-state index >= 15 is 0 Å².